The molecule has 0 radical (unpaired) electrons. The second-order valence-electron chi connectivity index (χ2n) is 3.87. The van der Waals surface area contributed by atoms with Crippen molar-refractivity contribution in [3.05, 3.63) is 66.9 Å². The fourth-order valence-corrected chi connectivity index (χ4v) is 1.90. The van der Waals surface area contributed by atoms with Crippen LogP contribution in [0.4, 0.5) is 0 Å². The first kappa shape index (κ1) is 13.3. The van der Waals surface area contributed by atoms with Crippen molar-refractivity contribution < 1.29 is 9.90 Å². The number of benzene rings is 1. The quantitative estimate of drug-likeness (QED) is 0.882. The molecule has 19 heavy (non-hydrogen) atoms. The third-order valence-electron chi connectivity index (χ3n) is 2.52. The second kappa shape index (κ2) is 5.23. The highest BCUT2D eigenvalue weighted by atomic mass is 79.9. The first-order valence-corrected chi connectivity index (χ1v) is 6.08. The predicted molar refractivity (Wildman–Crippen MR) is 71.5 cm³/mol. The Balaban J connectivity index is 2.31. The van der Waals surface area contributed by atoms with Gasteiger partial charge in [0.1, 0.15) is 0 Å². The molecule has 1 aromatic heterocycles. The highest BCUT2D eigenvalue weighted by Crippen LogP contribution is 2.06. The molecule has 0 amide bonds. The van der Waals surface area contributed by atoms with Gasteiger partial charge in [-0.15, -0.1) is 0 Å². The van der Waals surface area contributed by atoms with E-state index in [2.05, 4.69) is 20.9 Å². The van der Waals surface area contributed by atoms with E-state index in [1.165, 1.54) is 22.9 Å². The molecule has 0 atom stereocenters. The van der Waals surface area contributed by atoms with Gasteiger partial charge in [0.25, 0.3) is 5.56 Å². The predicted octanol–water partition coefficient (Wildman–Crippen LogP) is 1.05. The number of aromatic carboxylic acids is 1. The topological polar surface area (TPSA) is 92.2 Å². The van der Waals surface area contributed by atoms with Gasteiger partial charge in [0, 0.05) is 6.20 Å². The van der Waals surface area contributed by atoms with Gasteiger partial charge in [-0.1, -0.05) is 12.1 Å². The molecule has 2 rings (SSSR count). The van der Waals surface area contributed by atoms with Gasteiger partial charge in [-0.05, 0) is 33.6 Å². The van der Waals surface area contributed by atoms with Crippen LogP contribution in [0.15, 0.2) is 44.5 Å². The van der Waals surface area contributed by atoms with Crippen LogP contribution >= 0.6 is 15.9 Å². The van der Waals surface area contributed by atoms with Gasteiger partial charge in [-0.2, -0.15) is 0 Å². The van der Waals surface area contributed by atoms with Crippen molar-refractivity contribution in [2.75, 3.05) is 0 Å². The van der Waals surface area contributed by atoms with E-state index in [0.29, 0.717) is 0 Å². The van der Waals surface area contributed by atoms with Crippen molar-refractivity contribution in [1.82, 2.24) is 9.55 Å². The number of aromatic amines is 1. The standard InChI is InChI=1S/C12H9BrN2O4/c13-9-6-15(12(19)14-10(9)16)5-7-1-3-8(4-2-7)11(17)18/h1-4,6H,5H2,(H,17,18)(H,14,16,19). The van der Waals surface area contributed by atoms with E-state index in [1.807, 2.05) is 0 Å². The first-order chi connectivity index (χ1) is 8.97. The van der Waals surface area contributed by atoms with Gasteiger partial charge < -0.3 is 5.11 Å². The van der Waals surface area contributed by atoms with Gasteiger partial charge in [0.15, 0.2) is 0 Å². The summed E-state index contributed by atoms with van der Waals surface area (Å²) < 4.78 is 1.58. The van der Waals surface area contributed by atoms with E-state index < -0.39 is 17.2 Å². The summed E-state index contributed by atoms with van der Waals surface area (Å²) in [7, 11) is 0. The number of carbonyl (C=O) groups is 1. The zero-order valence-corrected chi connectivity index (χ0v) is 11.2. The lowest BCUT2D eigenvalue weighted by atomic mass is 10.1. The van der Waals surface area contributed by atoms with Gasteiger partial charge in [-0.3, -0.25) is 14.3 Å². The summed E-state index contributed by atoms with van der Waals surface area (Å²) in [5.41, 5.74) is -0.0669. The van der Waals surface area contributed by atoms with E-state index in [9.17, 15) is 14.4 Å². The molecule has 0 bridgehead atoms. The van der Waals surface area contributed by atoms with Crippen molar-refractivity contribution in [3.63, 3.8) is 0 Å². The smallest absolute Gasteiger partial charge is 0.335 e. The average molecular weight is 325 g/mol. The number of carboxylic acid groups (broad SMARTS) is 1. The first-order valence-electron chi connectivity index (χ1n) is 5.29. The third-order valence-corrected chi connectivity index (χ3v) is 3.09. The molecule has 2 N–H and O–H groups in total. The molecule has 0 aliphatic carbocycles. The van der Waals surface area contributed by atoms with E-state index in [0.717, 1.165) is 5.56 Å². The summed E-state index contributed by atoms with van der Waals surface area (Å²) in [6.07, 6.45) is 1.40. The minimum absolute atomic E-state index is 0.179. The van der Waals surface area contributed by atoms with E-state index >= 15 is 0 Å². The van der Waals surface area contributed by atoms with Crippen LogP contribution in [0.3, 0.4) is 0 Å². The summed E-state index contributed by atoms with van der Waals surface area (Å²) in [4.78, 5) is 35.6. The minimum Gasteiger partial charge on any atom is -0.478 e. The van der Waals surface area contributed by atoms with E-state index in [-0.39, 0.29) is 16.6 Å². The molecule has 0 unspecified atom stereocenters. The molecule has 0 aliphatic heterocycles. The molecular weight excluding hydrogens is 316 g/mol. The molecule has 1 heterocycles. The monoisotopic (exact) mass is 324 g/mol. The van der Waals surface area contributed by atoms with Crippen LogP contribution in [0.5, 0.6) is 0 Å². The molecule has 0 saturated carbocycles. The Labute approximate surface area is 115 Å². The van der Waals surface area contributed by atoms with Crippen molar-refractivity contribution in [2.24, 2.45) is 0 Å². The lowest BCUT2D eigenvalue weighted by molar-refractivity contribution is 0.0697. The Kier molecular flexibility index (Phi) is 3.66. The highest BCUT2D eigenvalue weighted by Gasteiger charge is 2.05. The van der Waals surface area contributed by atoms with Crippen LogP contribution in [-0.4, -0.2) is 20.6 Å². The summed E-state index contributed by atoms with van der Waals surface area (Å²) in [5, 5.41) is 8.78. The zero-order valence-electron chi connectivity index (χ0n) is 9.59. The molecule has 1 aromatic carbocycles. The Morgan fingerprint density at radius 1 is 1.26 bits per heavy atom. The second-order valence-corrected chi connectivity index (χ2v) is 4.72. The van der Waals surface area contributed by atoms with Gasteiger partial charge in [0.05, 0.1) is 16.6 Å². The summed E-state index contributed by atoms with van der Waals surface area (Å²) in [6, 6.07) is 6.16. The zero-order chi connectivity index (χ0) is 14.0. The van der Waals surface area contributed by atoms with Crippen LogP contribution in [0.1, 0.15) is 15.9 Å². The highest BCUT2D eigenvalue weighted by molar-refractivity contribution is 9.10. The number of rotatable bonds is 3. The molecular formula is C12H9BrN2O4. The normalized spacial score (nSPS) is 10.4. The van der Waals surface area contributed by atoms with Crippen LogP contribution in [0.2, 0.25) is 0 Å². The maximum absolute atomic E-state index is 11.6. The van der Waals surface area contributed by atoms with Crippen LogP contribution in [-0.2, 0) is 6.54 Å². The lowest BCUT2D eigenvalue weighted by Gasteiger charge is -2.06. The van der Waals surface area contributed by atoms with E-state index in [1.54, 1.807) is 12.1 Å². The molecule has 0 saturated heterocycles. The SMILES string of the molecule is O=C(O)c1ccc(Cn2cc(Br)c(=O)[nH]c2=O)cc1. The number of halogens is 1. The van der Waals surface area contributed by atoms with Crippen molar-refractivity contribution in [3.8, 4) is 0 Å². The Morgan fingerprint density at radius 3 is 2.47 bits per heavy atom. The number of carboxylic acids is 1. The third kappa shape index (κ3) is 3.00. The largest absolute Gasteiger partial charge is 0.478 e. The fourth-order valence-electron chi connectivity index (χ4n) is 1.55. The maximum Gasteiger partial charge on any atom is 0.335 e. The molecule has 2 aromatic rings. The Hall–Kier alpha value is -2.15. The number of hydrogen-bond acceptors (Lipinski definition) is 3. The van der Waals surface area contributed by atoms with Crippen molar-refractivity contribution >= 4 is 21.9 Å². The van der Waals surface area contributed by atoms with Crippen LogP contribution in [0, 0.1) is 0 Å². The summed E-state index contributed by atoms with van der Waals surface area (Å²) >= 11 is 3.04. The molecule has 0 spiro atoms. The number of nitrogens with zero attached hydrogens (tertiary/aromatic N) is 1. The number of nitrogens with one attached hydrogen (secondary N) is 1. The molecule has 0 aliphatic rings. The van der Waals surface area contributed by atoms with E-state index in [4.69, 9.17) is 5.11 Å². The Morgan fingerprint density at radius 2 is 1.89 bits per heavy atom. The van der Waals surface area contributed by atoms with Crippen molar-refractivity contribution in [2.45, 2.75) is 6.54 Å². The lowest BCUT2D eigenvalue weighted by Crippen LogP contribution is -2.30. The van der Waals surface area contributed by atoms with Gasteiger partial charge in [-0.25, -0.2) is 9.59 Å². The molecule has 7 heteroatoms. The van der Waals surface area contributed by atoms with Crippen LogP contribution in [0.25, 0.3) is 0 Å². The maximum atomic E-state index is 11.6. The molecule has 6 nitrogen and oxygen atoms in total. The summed E-state index contributed by atoms with van der Waals surface area (Å²) in [5.74, 6) is -1.00. The summed E-state index contributed by atoms with van der Waals surface area (Å²) in [6.45, 7) is 0.244. The fraction of sp³-hybridized carbons (Fsp3) is 0.0833. The van der Waals surface area contributed by atoms with Crippen molar-refractivity contribution in [1.29, 1.82) is 0 Å². The number of H-pyrrole nitrogens is 1. The van der Waals surface area contributed by atoms with Gasteiger partial charge >= 0.3 is 11.7 Å². The minimum atomic E-state index is -1.00. The number of hydrogen-bond donors (Lipinski definition) is 2. The molecule has 98 valence electrons. The van der Waals surface area contributed by atoms with Crippen LogP contribution < -0.4 is 11.2 Å². The van der Waals surface area contributed by atoms with Gasteiger partial charge in [0.2, 0.25) is 0 Å². The average Bonchev–Trinajstić information content (AvgIpc) is 2.36. The Bertz CT molecular complexity index is 731. The molecule has 0 fully saturated rings. The number of aromatic nitrogens is 2.